The van der Waals surface area contributed by atoms with Crippen LogP contribution in [0.25, 0.3) is 5.65 Å². The number of ketones is 1. The smallest absolute Gasteiger partial charge is 0.416 e. The van der Waals surface area contributed by atoms with Crippen LogP contribution >= 0.6 is 0 Å². The summed E-state index contributed by atoms with van der Waals surface area (Å²) >= 11 is 0. The largest absolute Gasteiger partial charge is 0.444 e. The average molecular weight is 548 g/mol. The molecular weight excluding hydrogens is 519 g/mol. The van der Waals surface area contributed by atoms with Gasteiger partial charge in [-0.3, -0.25) is 14.4 Å². The number of piperidine rings is 1. The molecule has 0 spiro atoms. The number of nitrogens with one attached hydrogen (secondary N) is 2. The molecule has 0 atom stereocenters. The molecule has 3 heterocycles. The molecule has 1 aliphatic heterocycles. The van der Waals surface area contributed by atoms with Crippen molar-refractivity contribution >= 4 is 23.4 Å². The van der Waals surface area contributed by atoms with E-state index in [1.54, 1.807) is 25.7 Å². The summed E-state index contributed by atoms with van der Waals surface area (Å²) < 4.78 is 45.1. The van der Waals surface area contributed by atoms with Crippen molar-refractivity contribution < 1.29 is 32.3 Å². The molecule has 0 bridgehead atoms. The number of rotatable bonds is 5. The molecule has 1 saturated heterocycles. The van der Waals surface area contributed by atoms with Gasteiger partial charge in [-0.15, -0.1) is 0 Å². The van der Waals surface area contributed by atoms with Crippen LogP contribution < -0.4 is 10.9 Å². The molecule has 2 aromatic heterocycles. The Labute approximate surface area is 221 Å². The highest BCUT2D eigenvalue weighted by atomic mass is 19.4. The second kappa shape index (κ2) is 10.5. The first kappa shape index (κ1) is 27.9. The summed E-state index contributed by atoms with van der Waals surface area (Å²) in [5.74, 6) is -1.37. The average Bonchev–Trinajstić information content (AvgIpc) is 3.29. The van der Waals surface area contributed by atoms with E-state index in [1.165, 1.54) is 16.8 Å². The summed E-state index contributed by atoms with van der Waals surface area (Å²) in [4.78, 5) is 54.3. The second-order valence-corrected chi connectivity index (χ2v) is 10.3. The molecule has 10 nitrogen and oxygen atoms in total. The van der Waals surface area contributed by atoms with E-state index in [0.717, 1.165) is 24.3 Å². The molecule has 2 N–H and O–H groups in total. The molecule has 1 aromatic carbocycles. The summed E-state index contributed by atoms with van der Waals surface area (Å²) in [5, 5.41) is 6.70. The van der Waals surface area contributed by atoms with Crippen LogP contribution in [-0.2, 0) is 10.9 Å². The van der Waals surface area contributed by atoms with Crippen LogP contribution in [0.15, 0.2) is 41.3 Å². The van der Waals surface area contributed by atoms with E-state index in [9.17, 15) is 32.3 Å². The lowest BCUT2D eigenvalue weighted by atomic mass is 9.93. The van der Waals surface area contributed by atoms with Gasteiger partial charge in [0.05, 0.1) is 24.0 Å². The van der Waals surface area contributed by atoms with Crippen molar-refractivity contribution in [2.45, 2.75) is 51.3 Å². The summed E-state index contributed by atoms with van der Waals surface area (Å²) in [6, 6.07) is 5.09. The number of carbonyl (C=O) groups excluding carboxylic acids is 3. The first-order valence-electron chi connectivity index (χ1n) is 12.3. The van der Waals surface area contributed by atoms with Crippen LogP contribution in [0.4, 0.5) is 18.0 Å². The standard InChI is InChI=1S/C26H28F3N5O5/c1-25(2,3)39-24(38)33-10-8-15(9-11-33)19-12-21(36)32-22-18(13-31-34(19)22)23(37)30-14-20(35)16-4-6-17(7-5-16)26(27,28)29/h4-7,12-13,15H,8-11,14H2,1-3H3,(H,30,37)(H,32,36). The van der Waals surface area contributed by atoms with Crippen LogP contribution in [0, 0.1) is 0 Å². The quantitative estimate of drug-likeness (QED) is 0.469. The molecule has 1 fully saturated rings. The van der Waals surface area contributed by atoms with Crippen molar-refractivity contribution in [3.8, 4) is 0 Å². The van der Waals surface area contributed by atoms with Crippen LogP contribution in [0.2, 0.25) is 0 Å². The number of amides is 2. The lowest BCUT2D eigenvalue weighted by molar-refractivity contribution is -0.137. The van der Waals surface area contributed by atoms with E-state index < -0.39 is 47.2 Å². The van der Waals surface area contributed by atoms with Gasteiger partial charge in [0.15, 0.2) is 5.78 Å². The van der Waals surface area contributed by atoms with Crippen molar-refractivity contribution in [2.75, 3.05) is 19.6 Å². The fourth-order valence-corrected chi connectivity index (χ4v) is 4.36. The molecule has 39 heavy (non-hydrogen) atoms. The third-order valence-corrected chi connectivity index (χ3v) is 6.29. The van der Waals surface area contributed by atoms with Gasteiger partial charge < -0.3 is 19.9 Å². The van der Waals surface area contributed by atoms with E-state index in [1.807, 2.05) is 0 Å². The first-order valence-corrected chi connectivity index (χ1v) is 12.3. The molecule has 208 valence electrons. The van der Waals surface area contributed by atoms with Crippen LogP contribution in [0.1, 0.15) is 71.5 Å². The number of H-pyrrole nitrogens is 1. The van der Waals surface area contributed by atoms with Gasteiger partial charge in [0.2, 0.25) is 0 Å². The number of aromatic amines is 1. The van der Waals surface area contributed by atoms with Gasteiger partial charge in [0.1, 0.15) is 16.8 Å². The predicted octanol–water partition coefficient (Wildman–Crippen LogP) is 3.77. The van der Waals surface area contributed by atoms with Crippen molar-refractivity contribution in [1.82, 2.24) is 24.8 Å². The van der Waals surface area contributed by atoms with E-state index in [4.69, 9.17) is 4.74 Å². The molecular formula is C26H28F3N5O5. The molecule has 0 aliphatic carbocycles. The normalized spacial score (nSPS) is 14.9. The number of halogens is 3. The third-order valence-electron chi connectivity index (χ3n) is 6.29. The van der Waals surface area contributed by atoms with E-state index in [0.29, 0.717) is 31.6 Å². The van der Waals surface area contributed by atoms with Gasteiger partial charge in [0, 0.05) is 30.6 Å². The fourth-order valence-electron chi connectivity index (χ4n) is 4.36. The van der Waals surface area contributed by atoms with E-state index in [-0.39, 0.29) is 22.7 Å². The van der Waals surface area contributed by atoms with Crippen LogP contribution in [0.3, 0.4) is 0 Å². The first-order chi connectivity index (χ1) is 18.2. The molecule has 0 saturated carbocycles. The lowest BCUT2D eigenvalue weighted by Gasteiger charge is -2.33. The van der Waals surface area contributed by atoms with Crippen molar-refractivity contribution in [2.24, 2.45) is 0 Å². The summed E-state index contributed by atoms with van der Waals surface area (Å²) in [7, 11) is 0. The Morgan fingerprint density at radius 3 is 2.33 bits per heavy atom. The maximum Gasteiger partial charge on any atom is 0.416 e. The molecule has 3 aromatic rings. The Bertz CT molecular complexity index is 1450. The van der Waals surface area contributed by atoms with Crippen LogP contribution in [0.5, 0.6) is 0 Å². The third kappa shape index (κ3) is 6.47. The number of carbonyl (C=O) groups is 3. The Kier molecular flexibility index (Phi) is 7.53. The number of Topliss-reactive ketones (excluding diaryl/α,β-unsaturated/α-hetero) is 1. The highest BCUT2D eigenvalue weighted by molar-refractivity contribution is 6.04. The number of aromatic nitrogens is 3. The van der Waals surface area contributed by atoms with Gasteiger partial charge in [0.25, 0.3) is 11.5 Å². The molecule has 4 rings (SSSR count). The zero-order chi connectivity index (χ0) is 28.5. The second-order valence-electron chi connectivity index (χ2n) is 10.3. The Morgan fingerprint density at radius 1 is 1.10 bits per heavy atom. The number of hydrogen-bond acceptors (Lipinski definition) is 6. The zero-order valence-electron chi connectivity index (χ0n) is 21.6. The van der Waals surface area contributed by atoms with Crippen molar-refractivity contribution in [3.63, 3.8) is 0 Å². The van der Waals surface area contributed by atoms with E-state index >= 15 is 0 Å². The predicted molar refractivity (Wildman–Crippen MR) is 134 cm³/mol. The minimum absolute atomic E-state index is 0.0107. The summed E-state index contributed by atoms with van der Waals surface area (Å²) in [5.41, 5.74) is -1.17. The lowest BCUT2D eigenvalue weighted by Crippen LogP contribution is -2.41. The highest BCUT2D eigenvalue weighted by Crippen LogP contribution is 2.30. The molecule has 1 aliphatic rings. The monoisotopic (exact) mass is 547 g/mol. The topological polar surface area (TPSA) is 126 Å². The Balaban J connectivity index is 1.44. The van der Waals surface area contributed by atoms with Gasteiger partial charge >= 0.3 is 12.3 Å². The number of benzene rings is 1. The van der Waals surface area contributed by atoms with Gasteiger partial charge in [-0.2, -0.15) is 18.3 Å². The number of hydrogen-bond donors (Lipinski definition) is 2. The summed E-state index contributed by atoms with van der Waals surface area (Å²) in [6.45, 7) is 5.76. The molecule has 2 amide bonds. The van der Waals surface area contributed by atoms with Gasteiger partial charge in [-0.05, 0) is 45.7 Å². The minimum Gasteiger partial charge on any atom is -0.444 e. The minimum atomic E-state index is -4.52. The number of likely N-dealkylation sites (tertiary alicyclic amines) is 1. The fraction of sp³-hybridized carbons (Fsp3) is 0.423. The molecule has 0 unspecified atom stereocenters. The molecule has 0 radical (unpaired) electrons. The molecule has 13 heteroatoms. The maximum absolute atomic E-state index is 12.8. The number of nitrogens with zero attached hydrogens (tertiary/aromatic N) is 3. The van der Waals surface area contributed by atoms with Gasteiger partial charge in [-0.1, -0.05) is 12.1 Å². The number of ether oxygens (including phenoxy) is 1. The van der Waals surface area contributed by atoms with Crippen molar-refractivity contribution in [1.29, 1.82) is 0 Å². The maximum atomic E-state index is 12.8. The summed E-state index contributed by atoms with van der Waals surface area (Å²) in [6.07, 6.45) is -2.55. The number of alkyl halides is 3. The SMILES string of the molecule is CC(C)(C)OC(=O)N1CCC(c2cc(=O)[nH]c3c(C(=O)NCC(=O)c4ccc(C(F)(F)F)cc4)cnn23)CC1. The van der Waals surface area contributed by atoms with Crippen molar-refractivity contribution in [3.05, 3.63) is 69.3 Å². The highest BCUT2D eigenvalue weighted by Gasteiger charge is 2.31. The van der Waals surface area contributed by atoms with Gasteiger partial charge in [-0.25, -0.2) is 9.31 Å². The van der Waals surface area contributed by atoms with E-state index in [2.05, 4.69) is 15.4 Å². The Hall–Kier alpha value is -4.16. The van der Waals surface area contributed by atoms with Crippen LogP contribution in [-0.4, -0.2) is 62.5 Å². The number of fused-ring (bicyclic) bond motifs is 1. The Morgan fingerprint density at radius 2 is 1.74 bits per heavy atom. The zero-order valence-corrected chi connectivity index (χ0v) is 21.6.